The first-order valence-electron chi connectivity index (χ1n) is 42.7. The maximum atomic E-state index is 15.0. The van der Waals surface area contributed by atoms with Crippen LogP contribution >= 0.6 is 0 Å². The Balaban J connectivity index is 0.000000206. The molecule has 0 saturated heterocycles. The second-order valence-electron chi connectivity index (χ2n) is 32.1. The highest BCUT2D eigenvalue weighted by Gasteiger charge is 2.45. The van der Waals surface area contributed by atoms with Crippen molar-refractivity contribution in [2.75, 3.05) is 37.3 Å². The van der Waals surface area contributed by atoms with Gasteiger partial charge in [-0.3, -0.25) is 44.1 Å². The second kappa shape index (κ2) is 44.1. The van der Waals surface area contributed by atoms with E-state index in [4.69, 9.17) is 14.2 Å². The lowest BCUT2D eigenvalue weighted by Crippen LogP contribution is -2.43. The lowest BCUT2D eigenvalue weighted by atomic mass is 9.91. The molecular formula is C97H79F25N12O10. The van der Waals surface area contributed by atoms with Gasteiger partial charge in [0, 0.05) is 124 Å². The summed E-state index contributed by atoms with van der Waals surface area (Å²) in [7, 11) is 4.26. The van der Waals surface area contributed by atoms with Crippen LogP contribution in [0.2, 0.25) is 0 Å². The van der Waals surface area contributed by atoms with Crippen LogP contribution in [0.15, 0.2) is 175 Å². The molecule has 0 radical (unpaired) electrons. The number of rotatable bonds is 27. The predicted octanol–water partition coefficient (Wildman–Crippen LogP) is 21.8. The van der Waals surface area contributed by atoms with Gasteiger partial charge in [0.05, 0.1) is 71.3 Å². The molecule has 0 saturated carbocycles. The van der Waals surface area contributed by atoms with E-state index in [2.05, 4.69) is 40.9 Å². The Morgan fingerprint density at radius 1 is 0.361 bits per heavy atom. The number of hydrogen-bond acceptors (Lipinski definition) is 18. The minimum Gasteiger partial charge on any atom is -0.467 e. The Morgan fingerprint density at radius 2 is 0.667 bits per heavy atom. The smallest absolute Gasteiger partial charge is 0.418 e. The number of carbonyl (C=O) groups is 6. The van der Waals surface area contributed by atoms with Crippen molar-refractivity contribution in [2.24, 2.45) is 7.05 Å². The molecule has 0 bridgehead atoms. The third-order valence-electron chi connectivity index (χ3n) is 22.8. The molecule has 6 aromatic heterocycles. The number of aryl methyl sites for hydroxylation is 2. The predicted molar refractivity (Wildman–Crippen MR) is 476 cm³/mol. The maximum Gasteiger partial charge on any atom is 0.418 e. The zero-order valence-corrected chi connectivity index (χ0v) is 76.1. The number of benzene rings is 7. The number of alkyl halides is 18. The van der Waals surface area contributed by atoms with Crippen molar-refractivity contribution in [3.8, 4) is 33.5 Å². The summed E-state index contributed by atoms with van der Waals surface area (Å²) in [5.41, 5.74) is -10.8. The molecule has 47 heteroatoms. The topological polar surface area (TPSA) is 289 Å². The third-order valence-corrected chi connectivity index (χ3v) is 22.8. The van der Waals surface area contributed by atoms with E-state index in [1.54, 1.807) is 0 Å². The number of carbonyl (C=O) groups excluding carboxylic acids is 6. The third kappa shape index (κ3) is 24.5. The van der Waals surface area contributed by atoms with Crippen molar-refractivity contribution in [3.63, 3.8) is 0 Å². The molecule has 3 amide bonds. The van der Waals surface area contributed by atoms with Crippen molar-refractivity contribution in [2.45, 2.75) is 146 Å². The number of nitrogens with zero attached hydrogens (tertiary/aromatic N) is 6. The van der Waals surface area contributed by atoms with Crippen LogP contribution in [-0.2, 0) is 73.4 Å². The summed E-state index contributed by atoms with van der Waals surface area (Å²) in [5, 5.41) is 12.9. The van der Waals surface area contributed by atoms with Gasteiger partial charge in [0.1, 0.15) is 93.7 Å². The number of hydrogen-bond donors (Lipinski definition) is 6. The van der Waals surface area contributed by atoms with Crippen LogP contribution in [0.3, 0.4) is 0 Å². The highest BCUT2D eigenvalue weighted by molar-refractivity contribution is 6.06. The molecule has 6 atom stereocenters. The average molecular weight is 2050 g/mol. The number of pyridine rings is 6. The van der Waals surface area contributed by atoms with Crippen molar-refractivity contribution < 1.29 is 153 Å². The first-order chi connectivity index (χ1) is 67.5. The SMILES string of the molecule is CC[C@@H](Nc1cc(F)c(C(=O)N[C@@H](Cc2ccc(-c3c(C(F)(F)F)cc(C)n(C)c3=O)c3ncccc23)C(=O)OC)c(F)c1)C(F)(F)F.CC[C@@H](Nc1cc(F)c(C(=O)N[C@@H](Cc2ccc(-c3c(C(F)(F)F)cc(F)c4cccnc34)c3ncccc23)C(=O)OC)c(F)c1)C(F)(F)F.CC[C@@H](Nc1cc(F)c(C(=O)N[C@@H](Cc2ccc(-c3nccc(C)c3C(F)(F)F)c3ncccc23)C(=O)OC)c(F)c1)C(F)(F)F. The van der Waals surface area contributed by atoms with E-state index in [9.17, 15) is 143 Å². The molecular weight excluding hydrogens is 1970 g/mol. The zero-order valence-electron chi connectivity index (χ0n) is 76.1. The molecule has 6 heterocycles. The van der Waals surface area contributed by atoms with Crippen LogP contribution in [0.5, 0.6) is 0 Å². The van der Waals surface area contributed by atoms with Gasteiger partial charge in [0.15, 0.2) is 0 Å². The lowest BCUT2D eigenvalue weighted by molar-refractivity contribution is -0.143. The fourth-order valence-corrected chi connectivity index (χ4v) is 15.8. The van der Waals surface area contributed by atoms with Crippen LogP contribution in [0, 0.1) is 54.6 Å². The van der Waals surface area contributed by atoms with Crippen LogP contribution in [0.1, 0.15) is 116 Å². The maximum absolute atomic E-state index is 15.0. The van der Waals surface area contributed by atoms with Crippen molar-refractivity contribution in [3.05, 3.63) is 283 Å². The van der Waals surface area contributed by atoms with Gasteiger partial charge in [-0.2, -0.15) is 79.0 Å². The van der Waals surface area contributed by atoms with Crippen LogP contribution in [-0.4, -0.2) is 141 Å². The number of methoxy groups -OCH3 is 3. The van der Waals surface area contributed by atoms with E-state index in [-0.39, 0.29) is 89.4 Å². The molecule has 144 heavy (non-hydrogen) atoms. The highest BCUT2D eigenvalue weighted by Crippen LogP contribution is 2.47. The van der Waals surface area contributed by atoms with E-state index >= 15 is 0 Å². The number of fused-ring (bicyclic) bond motifs is 4. The van der Waals surface area contributed by atoms with Gasteiger partial charge < -0.3 is 50.7 Å². The number of halogens is 25. The number of aromatic nitrogens is 6. The summed E-state index contributed by atoms with van der Waals surface area (Å²) in [6.07, 6.45) is -25.0. The minimum absolute atomic E-state index is 0.00609. The summed E-state index contributed by atoms with van der Waals surface area (Å²) in [6.45, 7) is 6.28. The summed E-state index contributed by atoms with van der Waals surface area (Å²) >= 11 is 0. The molecule has 762 valence electrons. The van der Waals surface area contributed by atoms with Crippen LogP contribution in [0.4, 0.5) is 127 Å². The summed E-state index contributed by atoms with van der Waals surface area (Å²) in [5.74, 6) is -17.7. The Labute approximate surface area is 798 Å². The molecule has 13 rings (SSSR count). The van der Waals surface area contributed by atoms with Gasteiger partial charge in [-0.25, -0.2) is 45.1 Å². The largest absolute Gasteiger partial charge is 0.467 e. The molecule has 0 fully saturated rings. The van der Waals surface area contributed by atoms with Crippen molar-refractivity contribution in [1.82, 2.24) is 45.4 Å². The van der Waals surface area contributed by atoms with Crippen molar-refractivity contribution in [1.29, 1.82) is 0 Å². The van der Waals surface area contributed by atoms with Gasteiger partial charge in [-0.15, -0.1) is 0 Å². The summed E-state index contributed by atoms with van der Waals surface area (Å²) in [6, 6.07) is 13.7. The van der Waals surface area contributed by atoms with Crippen LogP contribution < -0.4 is 37.5 Å². The zero-order chi connectivity index (χ0) is 106. The molecule has 0 spiro atoms. The first-order valence-corrected chi connectivity index (χ1v) is 42.7. The minimum atomic E-state index is -5.00. The van der Waals surface area contributed by atoms with E-state index in [1.807, 2.05) is 16.0 Å². The molecule has 7 aromatic carbocycles. The van der Waals surface area contributed by atoms with Gasteiger partial charge >= 0.3 is 55.0 Å². The molecule has 6 N–H and O–H groups in total. The average Bonchev–Trinajstić information content (AvgIpc) is 0.743. The monoisotopic (exact) mass is 2050 g/mol. The van der Waals surface area contributed by atoms with Gasteiger partial charge in [0.2, 0.25) is 0 Å². The van der Waals surface area contributed by atoms with E-state index < -0.39 is 249 Å². The normalized spacial score (nSPS) is 13.3. The van der Waals surface area contributed by atoms with E-state index in [0.29, 0.717) is 53.4 Å². The Kier molecular flexibility index (Phi) is 33.4. The van der Waals surface area contributed by atoms with E-state index in [0.717, 1.165) is 32.0 Å². The molecule has 0 aliphatic heterocycles. The summed E-state index contributed by atoms with van der Waals surface area (Å²) < 4.78 is 365. The van der Waals surface area contributed by atoms with Gasteiger partial charge in [0.25, 0.3) is 23.3 Å². The number of ether oxygens (including phenoxy) is 3. The number of nitrogens with one attached hydrogen (secondary N) is 6. The molecule has 0 unspecified atom stereocenters. The Morgan fingerprint density at radius 3 is 0.979 bits per heavy atom. The van der Waals surface area contributed by atoms with Crippen molar-refractivity contribution >= 4 is 96.3 Å². The number of esters is 3. The fourth-order valence-electron chi connectivity index (χ4n) is 15.8. The lowest BCUT2D eigenvalue weighted by Gasteiger charge is -2.22. The standard InChI is InChI=1S/C34H25F9N4O3.C32H28F8N4O4.C31H26F8N4O3/c1-3-26(34(41,42)43)46-17-13-23(36)28(24(37)14-17)31(48)47-25(32(49)50-2)12-16-8-9-20(29-18(16)6-4-10-44-29)27-21(33(38,39)40)15-22(35)19-7-5-11-45-30(19)27;1-5-24(32(38,39)40)42-17-13-21(33)26(22(34)14-17)28(45)43-23(30(47)48-4)12-16-8-9-19(27-18(16)7-6-10-41-27)25-20(31(35,36)37)11-15(2)44(3)29(25)46;1-4-23(30(34,35)36)42-17-13-20(32)24(21(33)14-17)28(44)43-22(29(45)46-3)12-16-7-8-19(26-18(16)6-5-10-40-26)27-25(31(37,38)39)15(2)9-11-41-27/h4-11,13-15,25-26,46H,3,12H2,1-2H3,(H,47,48);6-11,13-14,23-24,42H,5,12H2,1-4H3,(H,43,45);5-11,13-14,22-23,42H,4,12H2,1-3H3,(H,43,44)/t25-,26+;23-,24+;22-,23+/m000/s1. The fraction of sp³-hybridized carbons (Fsp3) is 0.278. The Bertz CT molecular complexity index is 7070. The molecule has 22 nitrogen and oxygen atoms in total. The van der Waals surface area contributed by atoms with Crippen LogP contribution in [0.25, 0.3) is 77.1 Å². The van der Waals surface area contributed by atoms with E-state index in [1.165, 1.54) is 164 Å². The number of anilines is 3. The first kappa shape index (κ1) is 109. The highest BCUT2D eigenvalue weighted by atomic mass is 19.4. The van der Waals surface area contributed by atoms with Gasteiger partial charge in [-0.05, 0) is 140 Å². The molecule has 13 aromatic rings. The second-order valence-corrected chi connectivity index (χ2v) is 32.1. The van der Waals surface area contributed by atoms with Gasteiger partial charge in [-0.1, -0.05) is 75.4 Å². The summed E-state index contributed by atoms with van der Waals surface area (Å²) in [4.78, 5) is 111. The Hall–Kier alpha value is -15.3. The molecule has 0 aliphatic rings. The number of amides is 3. The molecule has 0 aliphatic carbocycles. The quantitative estimate of drug-likeness (QED) is 0.0158.